The average Bonchev–Trinajstić information content (AvgIpc) is 3.34. The molecule has 2 aromatic carbocycles. The van der Waals surface area contributed by atoms with Crippen molar-refractivity contribution in [3.8, 4) is 35.8 Å². The van der Waals surface area contributed by atoms with Crippen LogP contribution in [0.15, 0.2) is 47.5 Å². The first kappa shape index (κ1) is 16.7. The lowest BCUT2D eigenvalue weighted by atomic mass is 9.84. The molecule has 0 heterocycles. The third-order valence-corrected chi connectivity index (χ3v) is 5.19. The van der Waals surface area contributed by atoms with Crippen LogP contribution in [0.5, 0.6) is 0 Å². The molecule has 0 bridgehead atoms. The molecular formula is C23H14O4. The van der Waals surface area contributed by atoms with E-state index in [1.807, 2.05) is 36.4 Å². The van der Waals surface area contributed by atoms with E-state index in [0.717, 1.165) is 22.3 Å². The molecule has 4 rings (SSSR count). The second-order valence-corrected chi connectivity index (χ2v) is 6.29. The van der Waals surface area contributed by atoms with Gasteiger partial charge in [0, 0.05) is 11.1 Å². The number of fused-ring (bicyclic) bond motifs is 5. The van der Waals surface area contributed by atoms with Crippen LogP contribution in [0.25, 0.3) is 11.1 Å². The summed E-state index contributed by atoms with van der Waals surface area (Å²) in [5.74, 6) is 4.05. The van der Waals surface area contributed by atoms with Gasteiger partial charge < -0.3 is 9.47 Å². The van der Waals surface area contributed by atoms with Crippen molar-refractivity contribution in [1.29, 1.82) is 0 Å². The van der Waals surface area contributed by atoms with E-state index in [-0.39, 0.29) is 11.1 Å². The molecule has 2 aliphatic carbocycles. The maximum Gasteiger partial charge on any atom is 0.335 e. The van der Waals surface area contributed by atoms with E-state index < -0.39 is 17.4 Å². The number of hydrogen-bond acceptors (Lipinski definition) is 4. The third-order valence-electron chi connectivity index (χ3n) is 5.19. The Bertz CT molecular complexity index is 1060. The van der Waals surface area contributed by atoms with E-state index in [9.17, 15) is 9.59 Å². The van der Waals surface area contributed by atoms with Crippen LogP contribution < -0.4 is 0 Å². The summed E-state index contributed by atoms with van der Waals surface area (Å²) >= 11 is 0. The van der Waals surface area contributed by atoms with Gasteiger partial charge in [0.05, 0.1) is 30.8 Å². The van der Waals surface area contributed by atoms with Crippen LogP contribution in [0, 0.1) is 24.7 Å². The van der Waals surface area contributed by atoms with E-state index in [0.29, 0.717) is 11.1 Å². The number of terminal acetylenes is 2. The molecule has 1 spiro atoms. The first-order chi connectivity index (χ1) is 13.0. The molecule has 0 radical (unpaired) electrons. The van der Waals surface area contributed by atoms with Crippen LogP contribution in [0.1, 0.15) is 22.3 Å². The standard InChI is InChI=1S/C23H14O4/c1-5-13-7-9-15-16-10-8-14(6-2)12-18(16)23(17(15)11-13)19(21(24)26-3)20(23)22(25)27-4/h1-2,7-12H,3-4H3. The summed E-state index contributed by atoms with van der Waals surface area (Å²) in [4.78, 5) is 25.1. The molecule has 0 aliphatic heterocycles. The molecule has 2 aliphatic rings. The third kappa shape index (κ3) is 1.96. The van der Waals surface area contributed by atoms with E-state index in [1.165, 1.54) is 14.2 Å². The minimum absolute atomic E-state index is 0.264. The average molecular weight is 354 g/mol. The molecule has 0 atom stereocenters. The van der Waals surface area contributed by atoms with Crippen LogP contribution >= 0.6 is 0 Å². The second kappa shape index (κ2) is 5.62. The van der Waals surface area contributed by atoms with Crippen molar-refractivity contribution < 1.29 is 19.1 Å². The maximum absolute atomic E-state index is 12.5. The Balaban J connectivity index is 2.07. The highest BCUT2D eigenvalue weighted by molar-refractivity contribution is 6.19. The topological polar surface area (TPSA) is 52.6 Å². The molecule has 0 saturated heterocycles. The Hall–Kier alpha value is -3.76. The van der Waals surface area contributed by atoms with Crippen molar-refractivity contribution in [2.24, 2.45) is 0 Å². The molecule has 4 heteroatoms. The second-order valence-electron chi connectivity index (χ2n) is 6.29. The van der Waals surface area contributed by atoms with Crippen LogP contribution in [0.2, 0.25) is 0 Å². The van der Waals surface area contributed by atoms with Crippen LogP contribution in [0.4, 0.5) is 0 Å². The molecule has 27 heavy (non-hydrogen) atoms. The number of carbonyl (C=O) groups is 2. The molecular weight excluding hydrogens is 340 g/mol. The number of ether oxygens (including phenoxy) is 2. The Morgan fingerprint density at radius 1 is 0.815 bits per heavy atom. The van der Waals surface area contributed by atoms with Gasteiger partial charge in [0.15, 0.2) is 0 Å². The normalized spacial score (nSPS) is 14.7. The molecule has 2 aromatic rings. The number of methoxy groups -OCH3 is 2. The highest BCUT2D eigenvalue weighted by atomic mass is 16.5. The Morgan fingerprint density at radius 2 is 1.22 bits per heavy atom. The van der Waals surface area contributed by atoms with Gasteiger partial charge in [-0.2, -0.15) is 0 Å². The number of carbonyl (C=O) groups excluding carboxylic acids is 2. The smallest absolute Gasteiger partial charge is 0.335 e. The monoisotopic (exact) mass is 354 g/mol. The van der Waals surface area contributed by atoms with E-state index in [4.69, 9.17) is 22.3 Å². The Labute approximate surface area is 156 Å². The summed E-state index contributed by atoms with van der Waals surface area (Å²) in [7, 11) is 2.56. The Kier molecular flexibility index (Phi) is 3.48. The van der Waals surface area contributed by atoms with Crippen LogP contribution in [-0.2, 0) is 24.5 Å². The molecule has 0 unspecified atom stereocenters. The van der Waals surface area contributed by atoms with Crippen molar-refractivity contribution in [3.05, 3.63) is 69.8 Å². The first-order valence-corrected chi connectivity index (χ1v) is 8.19. The van der Waals surface area contributed by atoms with Crippen molar-refractivity contribution in [2.45, 2.75) is 5.41 Å². The van der Waals surface area contributed by atoms with Gasteiger partial charge in [0.1, 0.15) is 0 Å². The minimum Gasteiger partial charge on any atom is -0.466 e. The van der Waals surface area contributed by atoms with Crippen molar-refractivity contribution in [1.82, 2.24) is 0 Å². The predicted octanol–water partition coefficient (Wildman–Crippen LogP) is 2.57. The van der Waals surface area contributed by atoms with Gasteiger partial charge in [-0.05, 0) is 46.5 Å². The van der Waals surface area contributed by atoms with Gasteiger partial charge >= 0.3 is 11.9 Å². The molecule has 130 valence electrons. The minimum atomic E-state index is -1.04. The highest BCUT2D eigenvalue weighted by Gasteiger charge is 2.67. The van der Waals surface area contributed by atoms with E-state index in [1.54, 1.807) is 0 Å². The summed E-state index contributed by atoms with van der Waals surface area (Å²) in [6.45, 7) is 0. The lowest BCUT2D eigenvalue weighted by Crippen LogP contribution is -2.19. The molecule has 0 fully saturated rings. The van der Waals surface area contributed by atoms with Crippen molar-refractivity contribution in [2.75, 3.05) is 14.2 Å². The van der Waals surface area contributed by atoms with Crippen LogP contribution in [-0.4, -0.2) is 26.2 Å². The quantitative estimate of drug-likeness (QED) is 0.614. The van der Waals surface area contributed by atoms with E-state index >= 15 is 0 Å². The largest absolute Gasteiger partial charge is 0.466 e. The van der Waals surface area contributed by atoms with E-state index in [2.05, 4.69) is 11.8 Å². The zero-order valence-corrected chi connectivity index (χ0v) is 14.8. The predicted molar refractivity (Wildman–Crippen MR) is 99.6 cm³/mol. The number of esters is 2. The lowest BCUT2D eigenvalue weighted by molar-refractivity contribution is -0.137. The molecule has 0 N–H and O–H groups in total. The molecule has 0 amide bonds. The number of benzene rings is 2. The fourth-order valence-electron chi connectivity index (χ4n) is 4.04. The van der Waals surface area contributed by atoms with Crippen molar-refractivity contribution >= 4 is 11.9 Å². The van der Waals surface area contributed by atoms with Gasteiger partial charge in [-0.25, -0.2) is 9.59 Å². The summed E-state index contributed by atoms with van der Waals surface area (Å²) < 4.78 is 9.89. The maximum atomic E-state index is 12.5. The zero-order valence-electron chi connectivity index (χ0n) is 14.8. The fourth-order valence-corrected chi connectivity index (χ4v) is 4.04. The summed E-state index contributed by atoms with van der Waals surface area (Å²) in [6, 6.07) is 11.1. The van der Waals surface area contributed by atoms with Gasteiger partial charge in [0.25, 0.3) is 0 Å². The molecule has 4 nitrogen and oxygen atoms in total. The summed E-state index contributed by atoms with van der Waals surface area (Å²) in [5.41, 5.74) is 4.12. The first-order valence-electron chi connectivity index (χ1n) is 8.19. The van der Waals surface area contributed by atoms with Gasteiger partial charge in [-0.1, -0.05) is 24.0 Å². The zero-order chi connectivity index (χ0) is 19.3. The lowest BCUT2D eigenvalue weighted by Gasteiger charge is -2.17. The highest BCUT2D eigenvalue weighted by Crippen LogP contribution is 2.66. The molecule has 0 saturated carbocycles. The summed E-state index contributed by atoms with van der Waals surface area (Å²) in [6.07, 6.45) is 11.1. The Morgan fingerprint density at radius 3 is 1.56 bits per heavy atom. The van der Waals surface area contributed by atoms with Gasteiger partial charge in [0.2, 0.25) is 0 Å². The summed E-state index contributed by atoms with van der Waals surface area (Å²) in [5, 5.41) is 0. The van der Waals surface area contributed by atoms with Gasteiger partial charge in [-0.3, -0.25) is 0 Å². The van der Waals surface area contributed by atoms with Crippen LogP contribution in [0.3, 0.4) is 0 Å². The fraction of sp³-hybridized carbons (Fsp3) is 0.130. The SMILES string of the molecule is C#Cc1ccc2c(c1)C1(C(C(=O)OC)=C1C(=O)OC)c1cc(C#C)ccc1-2. The number of hydrogen-bond donors (Lipinski definition) is 0. The van der Waals surface area contributed by atoms with Crippen molar-refractivity contribution in [3.63, 3.8) is 0 Å². The van der Waals surface area contributed by atoms with Gasteiger partial charge in [-0.15, -0.1) is 12.8 Å². The number of rotatable bonds is 2. The molecule has 0 aromatic heterocycles.